The summed E-state index contributed by atoms with van der Waals surface area (Å²) >= 11 is 3.07. The molecule has 0 aliphatic carbocycles. The standard InChI is InChI=1S/C11H7BrFN3/c1-7-2-9(3-10(12)11(7)13)16-6-8(4-14)5-15/h2-3,6,16H,1H3. The predicted octanol–water partition coefficient (Wildman–Crippen LogP) is 3.24. The largest absolute Gasteiger partial charge is 0.360 e. The Bertz CT molecular complexity index is 484. The number of nitriles is 2. The average Bonchev–Trinajstić information content (AvgIpc) is 2.27. The van der Waals surface area contributed by atoms with Gasteiger partial charge in [0.25, 0.3) is 0 Å². The van der Waals surface area contributed by atoms with E-state index in [0.29, 0.717) is 15.7 Å². The van der Waals surface area contributed by atoms with Gasteiger partial charge >= 0.3 is 0 Å². The summed E-state index contributed by atoms with van der Waals surface area (Å²) in [7, 11) is 0. The zero-order valence-corrected chi connectivity index (χ0v) is 9.97. The highest BCUT2D eigenvalue weighted by atomic mass is 79.9. The minimum atomic E-state index is -0.324. The number of benzene rings is 1. The van der Waals surface area contributed by atoms with Gasteiger partial charge in [-0.05, 0) is 40.5 Å². The minimum absolute atomic E-state index is 0.0434. The zero-order valence-electron chi connectivity index (χ0n) is 8.38. The molecule has 0 saturated heterocycles. The van der Waals surface area contributed by atoms with Crippen LogP contribution in [0.25, 0.3) is 0 Å². The number of hydrogen-bond acceptors (Lipinski definition) is 3. The smallest absolute Gasteiger partial charge is 0.145 e. The van der Waals surface area contributed by atoms with E-state index >= 15 is 0 Å². The van der Waals surface area contributed by atoms with Crippen molar-refractivity contribution in [2.24, 2.45) is 0 Å². The summed E-state index contributed by atoms with van der Waals surface area (Å²) < 4.78 is 13.6. The SMILES string of the molecule is Cc1cc(NC=C(C#N)C#N)cc(Br)c1F. The third-order valence-electron chi connectivity index (χ3n) is 1.83. The van der Waals surface area contributed by atoms with Crippen LogP contribution < -0.4 is 5.32 Å². The summed E-state index contributed by atoms with van der Waals surface area (Å²) in [4.78, 5) is 0. The third kappa shape index (κ3) is 2.82. The van der Waals surface area contributed by atoms with Crippen LogP contribution in [0.4, 0.5) is 10.1 Å². The van der Waals surface area contributed by atoms with Gasteiger partial charge in [0.2, 0.25) is 0 Å². The van der Waals surface area contributed by atoms with Crippen LogP contribution in [-0.2, 0) is 0 Å². The molecule has 0 unspecified atom stereocenters. The first-order chi connectivity index (χ1) is 7.58. The highest BCUT2D eigenvalue weighted by Gasteiger charge is 2.04. The van der Waals surface area contributed by atoms with Gasteiger partial charge in [-0.15, -0.1) is 0 Å². The van der Waals surface area contributed by atoms with Crippen LogP contribution >= 0.6 is 15.9 Å². The number of anilines is 1. The second-order valence-corrected chi connectivity index (χ2v) is 3.87. The Kier molecular flexibility index (Phi) is 4.04. The molecule has 0 amide bonds. The maximum absolute atomic E-state index is 13.2. The third-order valence-corrected chi connectivity index (χ3v) is 2.41. The van der Waals surface area contributed by atoms with Crippen molar-refractivity contribution >= 4 is 21.6 Å². The predicted molar refractivity (Wildman–Crippen MR) is 61.8 cm³/mol. The van der Waals surface area contributed by atoms with E-state index in [4.69, 9.17) is 10.5 Å². The Labute approximate surface area is 101 Å². The lowest BCUT2D eigenvalue weighted by Gasteiger charge is -2.05. The number of hydrogen-bond donors (Lipinski definition) is 1. The summed E-state index contributed by atoms with van der Waals surface area (Å²) in [5, 5.41) is 19.8. The van der Waals surface area contributed by atoms with Gasteiger partial charge in [-0.2, -0.15) is 10.5 Å². The van der Waals surface area contributed by atoms with Crippen molar-refractivity contribution < 1.29 is 4.39 Å². The summed E-state index contributed by atoms with van der Waals surface area (Å²) in [6, 6.07) is 6.55. The van der Waals surface area contributed by atoms with Crippen LogP contribution in [0.3, 0.4) is 0 Å². The number of nitrogens with zero attached hydrogens (tertiary/aromatic N) is 2. The molecule has 16 heavy (non-hydrogen) atoms. The summed E-state index contributed by atoms with van der Waals surface area (Å²) in [5.41, 5.74) is 1.03. The molecule has 0 heterocycles. The molecule has 1 aromatic carbocycles. The number of aryl methyl sites for hydroxylation is 1. The van der Waals surface area contributed by atoms with E-state index in [9.17, 15) is 4.39 Å². The molecule has 0 radical (unpaired) electrons. The van der Waals surface area contributed by atoms with Crippen LogP contribution in [0.15, 0.2) is 28.4 Å². The first kappa shape index (κ1) is 12.2. The minimum Gasteiger partial charge on any atom is -0.360 e. The molecule has 80 valence electrons. The molecule has 5 heteroatoms. The van der Waals surface area contributed by atoms with Crippen LogP contribution in [0.2, 0.25) is 0 Å². The lowest BCUT2D eigenvalue weighted by atomic mass is 10.2. The Morgan fingerprint density at radius 1 is 1.44 bits per heavy atom. The van der Waals surface area contributed by atoms with Crippen LogP contribution in [0.1, 0.15) is 5.56 Å². The van der Waals surface area contributed by atoms with Gasteiger partial charge in [-0.25, -0.2) is 4.39 Å². The number of halogens is 2. The van der Waals surface area contributed by atoms with Gasteiger partial charge in [0.1, 0.15) is 23.5 Å². The molecule has 1 rings (SSSR count). The Morgan fingerprint density at radius 3 is 2.56 bits per heavy atom. The topological polar surface area (TPSA) is 59.6 Å². The molecular formula is C11H7BrFN3. The van der Waals surface area contributed by atoms with E-state index < -0.39 is 0 Å². The van der Waals surface area contributed by atoms with E-state index in [1.54, 1.807) is 25.1 Å². The second-order valence-electron chi connectivity index (χ2n) is 3.01. The van der Waals surface area contributed by atoms with Gasteiger partial charge < -0.3 is 5.32 Å². The molecule has 0 spiro atoms. The molecule has 0 saturated carbocycles. The van der Waals surface area contributed by atoms with Crippen molar-refractivity contribution in [2.45, 2.75) is 6.92 Å². The molecular weight excluding hydrogens is 273 g/mol. The fraction of sp³-hybridized carbons (Fsp3) is 0.0909. The monoisotopic (exact) mass is 279 g/mol. The van der Waals surface area contributed by atoms with Crippen molar-refractivity contribution in [1.29, 1.82) is 10.5 Å². The lowest BCUT2D eigenvalue weighted by Crippen LogP contribution is -1.93. The van der Waals surface area contributed by atoms with Gasteiger partial charge in [0.05, 0.1) is 4.47 Å². The molecule has 0 bridgehead atoms. The fourth-order valence-electron chi connectivity index (χ4n) is 1.05. The number of allylic oxidation sites excluding steroid dienone is 1. The van der Waals surface area contributed by atoms with E-state index in [1.165, 1.54) is 12.3 Å². The molecule has 0 fully saturated rings. The normalized spacial score (nSPS) is 8.81. The number of nitrogens with one attached hydrogen (secondary N) is 1. The van der Waals surface area contributed by atoms with Gasteiger partial charge in [-0.3, -0.25) is 0 Å². The van der Waals surface area contributed by atoms with Crippen LogP contribution in [0.5, 0.6) is 0 Å². The Balaban J connectivity index is 2.98. The second kappa shape index (κ2) is 5.29. The maximum atomic E-state index is 13.2. The van der Waals surface area contributed by atoms with Crippen molar-refractivity contribution in [3.05, 3.63) is 39.8 Å². The summed E-state index contributed by atoms with van der Waals surface area (Å²) in [6.07, 6.45) is 1.28. The lowest BCUT2D eigenvalue weighted by molar-refractivity contribution is 0.612. The molecule has 0 atom stereocenters. The van der Waals surface area contributed by atoms with Gasteiger partial charge in [-0.1, -0.05) is 0 Å². The molecule has 1 N–H and O–H groups in total. The summed E-state index contributed by atoms with van der Waals surface area (Å²) in [5.74, 6) is -0.324. The molecule has 3 nitrogen and oxygen atoms in total. The van der Waals surface area contributed by atoms with Crippen molar-refractivity contribution in [2.75, 3.05) is 5.32 Å². The van der Waals surface area contributed by atoms with E-state index in [0.717, 1.165) is 0 Å². The van der Waals surface area contributed by atoms with Crippen LogP contribution in [0, 0.1) is 35.4 Å². The molecule has 0 aliphatic heterocycles. The van der Waals surface area contributed by atoms with Crippen molar-refractivity contribution in [3.63, 3.8) is 0 Å². The highest BCUT2D eigenvalue weighted by Crippen LogP contribution is 2.23. The van der Waals surface area contributed by atoms with E-state index in [1.807, 2.05) is 0 Å². The Morgan fingerprint density at radius 2 is 2.06 bits per heavy atom. The Hall–Kier alpha value is -1.85. The molecule has 0 aliphatic rings. The fourth-order valence-corrected chi connectivity index (χ4v) is 1.61. The van der Waals surface area contributed by atoms with Gasteiger partial charge in [0.15, 0.2) is 0 Å². The van der Waals surface area contributed by atoms with Gasteiger partial charge in [0, 0.05) is 11.9 Å². The van der Waals surface area contributed by atoms with Crippen LogP contribution in [-0.4, -0.2) is 0 Å². The number of rotatable bonds is 2. The first-order valence-corrected chi connectivity index (χ1v) is 5.10. The highest BCUT2D eigenvalue weighted by molar-refractivity contribution is 9.10. The average molecular weight is 280 g/mol. The molecule has 0 aromatic heterocycles. The van der Waals surface area contributed by atoms with Crippen molar-refractivity contribution in [1.82, 2.24) is 0 Å². The van der Waals surface area contributed by atoms with E-state index in [-0.39, 0.29) is 11.4 Å². The maximum Gasteiger partial charge on any atom is 0.145 e. The first-order valence-electron chi connectivity index (χ1n) is 4.31. The molecule has 1 aromatic rings. The zero-order chi connectivity index (χ0) is 12.1. The quantitative estimate of drug-likeness (QED) is 0.846. The van der Waals surface area contributed by atoms with Crippen molar-refractivity contribution in [3.8, 4) is 12.1 Å². The van der Waals surface area contributed by atoms with E-state index in [2.05, 4.69) is 21.2 Å². The summed E-state index contributed by atoms with van der Waals surface area (Å²) in [6.45, 7) is 1.63.